The van der Waals surface area contributed by atoms with Crippen LogP contribution in [0.3, 0.4) is 0 Å². The Bertz CT molecular complexity index is 284. The normalized spacial score (nSPS) is 22.4. The number of nitrogens with zero attached hydrogens (tertiary/aromatic N) is 1. The van der Waals surface area contributed by atoms with E-state index < -0.39 is 0 Å². The van der Waals surface area contributed by atoms with Gasteiger partial charge in [-0.15, -0.1) is 0 Å². The van der Waals surface area contributed by atoms with Crippen molar-refractivity contribution in [3.05, 3.63) is 24.2 Å². The van der Waals surface area contributed by atoms with Crippen LogP contribution in [0.1, 0.15) is 31.4 Å². The maximum atomic E-state index is 5.27. The second-order valence-corrected chi connectivity index (χ2v) is 4.68. The van der Waals surface area contributed by atoms with Crippen molar-refractivity contribution in [2.75, 3.05) is 20.1 Å². The molecule has 0 radical (unpaired) electrons. The van der Waals surface area contributed by atoms with Crippen LogP contribution in [0.4, 0.5) is 0 Å². The standard InChI is InChI=1S/C13H22N2O/c1-15-9-3-2-5-12(15)7-8-14-11-13-6-4-10-16-13/h4,6,10,12,14H,2-3,5,7-9,11H2,1H3. The second kappa shape index (κ2) is 6.06. The molecule has 0 aliphatic carbocycles. The third kappa shape index (κ3) is 3.35. The Balaban J connectivity index is 1.60. The first-order chi connectivity index (χ1) is 7.86. The largest absolute Gasteiger partial charge is 0.468 e. The van der Waals surface area contributed by atoms with Crippen molar-refractivity contribution in [2.24, 2.45) is 0 Å². The first kappa shape index (κ1) is 11.7. The Morgan fingerprint density at radius 3 is 3.19 bits per heavy atom. The number of hydrogen-bond acceptors (Lipinski definition) is 3. The van der Waals surface area contributed by atoms with Gasteiger partial charge in [0.15, 0.2) is 0 Å². The van der Waals surface area contributed by atoms with Gasteiger partial charge in [-0.25, -0.2) is 0 Å². The van der Waals surface area contributed by atoms with Gasteiger partial charge < -0.3 is 14.6 Å². The minimum Gasteiger partial charge on any atom is -0.468 e. The highest BCUT2D eigenvalue weighted by Crippen LogP contribution is 2.17. The average Bonchev–Trinajstić information content (AvgIpc) is 2.79. The van der Waals surface area contributed by atoms with Crippen LogP contribution in [0.2, 0.25) is 0 Å². The molecule has 1 aliphatic heterocycles. The summed E-state index contributed by atoms with van der Waals surface area (Å²) in [6, 6.07) is 4.73. The molecule has 3 heteroatoms. The molecule has 0 aromatic carbocycles. The Morgan fingerprint density at radius 2 is 2.44 bits per heavy atom. The van der Waals surface area contributed by atoms with E-state index in [0.29, 0.717) is 0 Å². The van der Waals surface area contributed by atoms with Gasteiger partial charge in [-0.3, -0.25) is 0 Å². The van der Waals surface area contributed by atoms with E-state index in [2.05, 4.69) is 17.3 Å². The predicted octanol–water partition coefficient (Wildman–Crippen LogP) is 2.24. The maximum absolute atomic E-state index is 5.27. The number of nitrogens with one attached hydrogen (secondary N) is 1. The summed E-state index contributed by atoms with van der Waals surface area (Å²) >= 11 is 0. The SMILES string of the molecule is CN1CCCCC1CCNCc1ccco1. The van der Waals surface area contributed by atoms with Gasteiger partial charge >= 0.3 is 0 Å². The summed E-state index contributed by atoms with van der Waals surface area (Å²) in [6.07, 6.45) is 7.10. The van der Waals surface area contributed by atoms with Gasteiger partial charge in [-0.1, -0.05) is 6.42 Å². The van der Waals surface area contributed by atoms with Gasteiger partial charge in [-0.05, 0) is 51.5 Å². The zero-order valence-corrected chi connectivity index (χ0v) is 10.1. The molecule has 2 rings (SSSR count). The lowest BCUT2D eigenvalue weighted by Gasteiger charge is -2.32. The minimum atomic E-state index is 0.776. The number of furan rings is 1. The predicted molar refractivity (Wildman–Crippen MR) is 65.3 cm³/mol. The monoisotopic (exact) mass is 222 g/mol. The van der Waals surface area contributed by atoms with E-state index in [0.717, 1.165) is 24.9 Å². The summed E-state index contributed by atoms with van der Waals surface area (Å²) in [5, 5.41) is 3.44. The molecule has 16 heavy (non-hydrogen) atoms. The van der Waals surface area contributed by atoms with E-state index in [1.54, 1.807) is 6.26 Å². The fourth-order valence-electron chi connectivity index (χ4n) is 2.40. The van der Waals surface area contributed by atoms with Crippen LogP contribution in [0, 0.1) is 0 Å². The van der Waals surface area contributed by atoms with Gasteiger partial charge in [0.05, 0.1) is 12.8 Å². The zero-order chi connectivity index (χ0) is 11.2. The molecule has 3 nitrogen and oxygen atoms in total. The molecule has 1 saturated heterocycles. The van der Waals surface area contributed by atoms with Crippen LogP contribution in [-0.2, 0) is 6.54 Å². The lowest BCUT2D eigenvalue weighted by Crippen LogP contribution is -2.38. The fraction of sp³-hybridized carbons (Fsp3) is 0.692. The Kier molecular flexibility index (Phi) is 4.43. The lowest BCUT2D eigenvalue weighted by molar-refractivity contribution is 0.175. The summed E-state index contributed by atoms with van der Waals surface area (Å²) in [4.78, 5) is 2.50. The van der Waals surface area contributed by atoms with Crippen molar-refractivity contribution in [2.45, 2.75) is 38.3 Å². The van der Waals surface area contributed by atoms with Crippen LogP contribution in [0.5, 0.6) is 0 Å². The molecule has 0 saturated carbocycles. The highest BCUT2D eigenvalue weighted by molar-refractivity contribution is 4.97. The number of rotatable bonds is 5. The molecular weight excluding hydrogens is 200 g/mol. The van der Waals surface area contributed by atoms with Gasteiger partial charge in [0, 0.05) is 6.04 Å². The maximum Gasteiger partial charge on any atom is 0.117 e. The van der Waals surface area contributed by atoms with Crippen LogP contribution < -0.4 is 5.32 Å². The van der Waals surface area contributed by atoms with Crippen molar-refractivity contribution in [3.8, 4) is 0 Å². The second-order valence-electron chi connectivity index (χ2n) is 4.68. The molecule has 1 aromatic heterocycles. The van der Waals surface area contributed by atoms with Gasteiger partial charge in [-0.2, -0.15) is 0 Å². The highest BCUT2D eigenvalue weighted by atomic mass is 16.3. The zero-order valence-electron chi connectivity index (χ0n) is 10.1. The third-order valence-electron chi connectivity index (χ3n) is 3.46. The first-order valence-corrected chi connectivity index (χ1v) is 6.29. The van der Waals surface area contributed by atoms with Crippen molar-refractivity contribution in [1.29, 1.82) is 0 Å². The van der Waals surface area contributed by atoms with Crippen molar-refractivity contribution in [1.82, 2.24) is 10.2 Å². The number of hydrogen-bond donors (Lipinski definition) is 1. The van der Waals surface area contributed by atoms with Crippen molar-refractivity contribution >= 4 is 0 Å². The summed E-state index contributed by atoms with van der Waals surface area (Å²) in [6.45, 7) is 3.20. The molecule has 1 aliphatic rings. The topological polar surface area (TPSA) is 28.4 Å². The minimum absolute atomic E-state index is 0.776. The number of piperidine rings is 1. The van der Waals surface area contributed by atoms with E-state index in [1.807, 2.05) is 12.1 Å². The molecular formula is C13H22N2O. The van der Waals surface area contributed by atoms with E-state index >= 15 is 0 Å². The molecule has 0 bridgehead atoms. The Hall–Kier alpha value is -0.800. The molecule has 90 valence electrons. The molecule has 0 amide bonds. The molecule has 0 spiro atoms. The van der Waals surface area contributed by atoms with E-state index in [1.165, 1.54) is 32.2 Å². The third-order valence-corrected chi connectivity index (χ3v) is 3.46. The summed E-state index contributed by atoms with van der Waals surface area (Å²) in [5.41, 5.74) is 0. The number of likely N-dealkylation sites (tertiary alicyclic amines) is 1. The molecule has 1 unspecified atom stereocenters. The first-order valence-electron chi connectivity index (χ1n) is 6.29. The molecule has 1 atom stereocenters. The van der Waals surface area contributed by atoms with Gasteiger partial charge in [0.1, 0.15) is 5.76 Å². The molecule has 1 N–H and O–H groups in total. The lowest BCUT2D eigenvalue weighted by atomic mass is 10.0. The Labute approximate surface area is 97.8 Å². The highest BCUT2D eigenvalue weighted by Gasteiger charge is 2.17. The average molecular weight is 222 g/mol. The summed E-state index contributed by atoms with van der Waals surface area (Å²) < 4.78 is 5.27. The summed E-state index contributed by atoms with van der Waals surface area (Å²) in [7, 11) is 2.25. The Morgan fingerprint density at radius 1 is 1.50 bits per heavy atom. The van der Waals surface area contributed by atoms with Crippen LogP contribution in [0.25, 0.3) is 0 Å². The van der Waals surface area contributed by atoms with Crippen LogP contribution in [0.15, 0.2) is 22.8 Å². The molecule has 1 aromatic rings. The smallest absolute Gasteiger partial charge is 0.117 e. The fourth-order valence-corrected chi connectivity index (χ4v) is 2.40. The molecule has 2 heterocycles. The molecule has 1 fully saturated rings. The van der Waals surface area contributed by atoms with Crippen molar-refractivity contribution in [3.63, 3.8) is 0 Å². The van der Waals surface area contributed by atoms with Crippen LogP contribution in [-0.4, -0.2) is 31.1 Å². The van der Waals surface area contributed by atoms with Crippen molar-refractivity contribution < 1.29 is 4.42 Å². The summed E-state index contributed by atoms with van der Waals surface area (Å²) in [5.74, 6) is 1.02. The van der Waals surface area contributed by atoms with Gasteiger partial charge in [0.25, 0.3) is 0 Å². The van der Waals surface area contributed by atoms with E-state index in [9.17, 15) is 0 Å². The van der Waals surface area contributed by atoms with Gasteiger partial charge in [0.2, 0.25) is 0 Å². The van der Waals surface area contributed by atoms with Crippen LogP contribution >= 0.6 is 0 Å². The quantitative estimate of drug-likeness (QED) is 0.775. The van der Waals surface area contributed by atoms with E-state index in [4.69, 9.17) is 4.42 Å². The van der Waals surface area contributed by atoms with E-state index in [-0.39, 0.29) is 0 Å².